The van der Waals surface area contributed by atoms with Gasteiger partial charge in [-0.3, -0.25) is 9.59 Å². The maximum atomic E-state index is 12.5. The fourth-order valence-electron chi connectivity index (χ4n) is 2.26. The van der Waals surface area contributed by atoms with Crippen LogP contribution in [0, 0.1) is 0 Å². The molecular weight excluding hydrogens is 260 g/mol. The first-order chi connectivity index (χ1) is 9.05. The summed E-state index contributed by atoms with van der Waals surface area (Å²) in [5.74, 6) is 0.00631. The summed E-state index contributed by atoms with van der Waals surface area (Å²) in [6, 6.07) is 2.08. The van der Waals surface area contributed by atoms with Crippen molar-refractivity contribution in [2.45, 2.75) is 38.6 Å². The van der Waals surface area contributed by atoms with Crippen LogP contribution in [0.4, 0.5) is 0 Å². The molecule has 1 atom stereocenters. The summed E-state index contributed by atoms with van der Waals surface area (Å²) < 4.78 is 0. The van der Waals surface area contributed by atoms with Crippen molar-refractivity contribution in [1.82, 2.24) is 10.2 Å². The van der Waals surface area contributed by atoms with E-state index in [-0.39, 0.29) is 11.8 Å². The molecule has 2 rings (SSSR count). The van der Waals surface area contributed by atoms with Crippen LogP contribution < -0.4 is 5.32 Å². The van der Waals surface area contributed by atoms with Gasteiger partial charge in [-0.2, -0.15) is 11.3 Å². The fourth-order valence-corrected chi connectivity index (χ4v) is 2.97. The van der Waals surface area contributed by atoms with Crippen LogP contribution in [0.25, 0.3) is 0 Å². The van der Waals surface area contributed by atoms with Gasteiger partial charge < -0.3 is 10.2 Å². The molecule has 5 heteroatoms. The Morgan fingerprint density at radius 3 is 2.89 bits per heavy atom. The van der Waals surface area contributed by atoms with Gasteiger partial charge in [-0.05, 0) is 42.2 Å². The van der Waals surface area contributed by atoms with Crippen LogP contribution in [-0.4, -0.2) is 35.3 Å². The molecule has 0 saturated carbocycles. The number of thiophene rings is 1. The number of nitrogens with one attached hydrogen (secondary N) is 1. The molecule has 19 heavy (non-hydrogen) atoms. The second-order valence-corrected chi connectivity index (χ2v) is 5.94. The normalized spacial score (nSPS) is 24.2. The smallest absolute Gasteiger partial charge is 0.248 e. The van der Waals surface area contributed by atoms with Crippen molar-refractivity contribution < 1.29 is 9.59 Å². The molecule has 1 unspecified atom stereocenters. The van der Waals surface area contributed by atoms with E-state index >= 15 is 0 Å². The molecule has 1 aliphatic rings. The van der Waals surface area contributed by atoms with Gasteiger partial charge >= 0.3 is 0 Å². The van der Waals surface area contributed by atoms with E-state index in [1.54, 1.807) is 11.3 Å². The van der Waals surface area contributed by atoms with Crippen molar-refractivity contribution in [2.24, 2.45) is 0 Å². The number of hydrogen-bond donors (Lipinski definition) is 1. The molecule has 1 aliphatic heterocycles. The Bertz CT molecular complexity index is 458. The van der Waals surface area contributed by atoms with Crippen molar-refractivity contribution in [3.8, 4) is 0 Å². The molecule has 2 amide bonds. The number of nitrogens with zero attached hydrogens (tertiary/aromatic N) is 1. The molecule has 1 fully saturated rings. The summed E-state index contributed by atoms with van der Waals surface area (Å²) in [7, 11) is 0. The summed E-state index contributed by atoms with van der Waals surface area (Å²) in [6.07, 6.45) is 1.86. The zero-order valence-electron chi connectivity index (χ0n) is 11.4. The standard InChI is InChI=1S/C14H20N2O2S/c1-3-14(2)13(18)16(8-5-12(17)15-14)7-4-11-6-9-19-10-11/h6,9-10H,3-5,7-8H2,1-2H3,(H,15,17). The van der Waals surface area contributed by atoms with Crippen molar-refractivity contribution >= 4 is 23.2 Å². The van der Waals surface area contributed by atoms with Gasteiger partial charge in [-0.15, -0.1) is 0 Å². The monoisotopic (exact) mass is 280 g/mol. The van der Waals surface area contributed by atoms with Crippen molar-refractivity contribution in [3.05, 3.63) is 22.4 Å². The first-order valence-corrected chi connectivity index (χ1v) is 7.61. The molecule has 0 radical (unpaired) electrons. The molecule has 0 aromatic carbocycles. The Morgan fingerprint density at radius 1 is 1.47 bits per heavy atom. The van der Waals surface area contributed by atoms with Gasteiger partial charge in [0.1, 0.15) is 5.54 Å². The molecule has 0 spiro atoms. The lowest BCUT2D eigenvalue weighted by Crippen LogP contribution is -2.54. The van der Waals surface area contributed by atoms with Crippen molar-refractivity contribution in [2.75, 3.05) is 13.1 Å². The van der Waals surface area contributed by atoms with Gasteiger partial charge in [0.05, 0.1) is 0 Å². The minimum Gasteiger partial charge on any atom is -0.342 e. The summed E-state index contributed by atoms with van der Waals surface area (Å²) in [6.45, 7) is 4.95. The molecule has 0 bridgehead atoms. The van der Waals surface area contributed by atoms with E-state index in [1.807, 2.05) is 24.1 Å². The van der Waals surface area contributed by atoms with E-state index in [1.165, 1.54) is 5.56 Å². The van der Waals surface area contributed by atoms with E-state index in [0.717, 1.165) is 6.42 Å². The molecule has 1 saturated heterocycles. The molecule has 1 aromatic rings. The quantitative estimate of drug-likeness (QED) is 0.914. The lowest BCUT2D eigenvalue weighted by molar-refractivity contribution is -0.138. The number of carbonyl (C=O) groups is 2. The molecule has 0 aliphatic carbocycles. The molecule has 104 valence electrons. The lowest BCUT2D eigenvalue weighted by Gasteiger charge is -2.31. The molecule has 4 nitrogen and oxygen atoms in total. The minimum absolute atomic E-state index is 0.0317. The molecule has 1 aromatic heterocycles. The Hall–Kier alpha value is -1.36. The van der Waals surface area contributed by atoms with Crippen LogP contribution in [0.5, 0.6) is 0 Å². The lowest BCUT2D eigenvalue weighted by atomic mass is 9.97. The van der Waals surface area contributed by atoms with Gasteiger partial charge in [0.15, 0.2) is 0 Å². The van der Waals surface area contributed by atoms with Crippen LogP contribution in [-0.2, 0) is 16.0 Å². The zero-order valence-corrected chi connectivity index (χ0v) is 12.3. The van der Waals surface area contributed by atoms with Crippen LogP contribution in [0.1, 0.15) is 32.3 Å². The van der Waals surface area contributed by atoms with Crippen molar-refractivity contribution in [1.29, 1.82) is 0 Å². The number of carbonyl (C=O) groups excluding carboxylic acids is 2. The van der Waals surface area contributed by atoms with E-state index in [9.17, 15) is 9.59 Å². The number of rotatable bonds is 4. The fraction of sp³-hybridized carbons (Fsp3) is 0.571. The zero-order chi connectivity index (χ0) is 13.9. The first-order valence-electron chi connectivity index (χ1n) is 6.66. The Balaban J connectivity index is 2.06. The Kier molecular flexibility index (Phi) is 4.24. The second-order valence-electron chi connectivity index (χ2n) is 5.16. The maximum absolute atomic E-state index is 12.5. The highest BCUT2D eigenvalue weighted by molar-refractivity contribution is 7.07. The molecule has 2 heterocycles. The third-order valence-electron chi connectivity index (χ3n) is 3.74. The second kappa shape index (κ2) is 5.74. The van der Waals surface area contributed by atoms with E-state index in [0.29, 0.717) is 25.9 Å². The topological polar surface area (TPSA) is 49.4 Å². The summed E-state index contributed by atoms with van der Waals surface area (Å²) in [5, 5.41) is 6.99. The average molecular weight is 280 g/mol. The Labute approximate surface area is 117 Å². The molecular formula is C14H20N2O2S. The van der Waals surface area contributed by atoms with Gasteiger partial charge in [-0.25, -0.2) is 0 Å². The molecule has 1 N–H and O–H groups in total. The minimum atomic E-state index is -0.748. The Morgan fingerprint density at radius 2 is 2.26 bits per heavy atom. The van der Waals surface area contributed by atoms with E-state index in [2.05, 4.69) is 16.8 Å². The van der Waals surface area contributed by atoms with E-state index < -0.39 is 5.54 Å². The summed E-state index contributed by atoms with van der Waals surface area (Å²) >= 11 is 1.67. The predicted molar refractivity (Wildman–Crippen MR) is 76.1 cm³/mol. The van der Waals surface area contributed by atoms with Crippen LogP contribution >= 0.6 is 11.3 Å². The highest BCUT2D eigenvalue weighted by Crippen LogP contribution is 2.18. The highest BCUT2D eigenvalue weighted by Gasteiger charge is 2.38. The van der Waals surface area contributed by atoms with E-state index in [4.69, 9.17) is 0 Å². The SMILES string of the molecule is CCC1(C)NC(=O)CCN(CCc2ccsc2)C1=O. The maximum Gasteiger partial charge on any atom is 0.248 e. The van der Waals surface area contributed by atoms with Gasteiger partial charge in [0, 0.05) is 19.5 Å². The van der Waals surface area contributed by atoms with Crippen molar-refractivity contribution in [3.63, 3.8) is 0 Å². The highest BCUT2D eigenvalue weighted by atomic mass is 32.1. The van der Waals surface area contributed by atoms with Gasteiger partial charge in [-0.1, -0.05) is 6.92 Å². The summed E-state index contributed by atoms with van der Waals surface area (Å²) in [5.41, 5.74) is 0.502. The first kappa shape index (κ1) is 14.1. The number of amides is 2. The summed E-state index contributed by atoms with van der Waals surface area (Å²) in [4.78, 5) is 26.0. The third-order valence-corrected chi connectivity index (χ3v) is 4.47. The van der Waals surface area contributed by atoms with Gasteiger partial charge in [0.25, 0.3) is 0 Å². The van der Waals surface area contributed by atoms with Gasteiger partial charge in [0.2, 0.25) is 11.8 Å². The third kappa shape index (κ3) is 3.15. The predicted octanol–water partition coefficient (Wildman–Crippen LogP) is 1.81. The van der Waals surface area contributed by atoms with Crippen LogP contribution in [0.2, 0.25) is 0 Å². The van der Waals surface area contributed by atoms with Crippen LogP contribution in [0.3, 0.4) is 0 Å². The average Bonchev–Trinajstić information content (AvgIpc) is 2.87. The number of hydrogen-bond acceptors (Lipinski definition) is 3. The largest absolute Gasteiger partial charge is 0.342 e. The van der Waals surface area contributed by atoms with Crippen LogP contribution in [0.15, 0.2) is 16.8 Å².